The SMILES string of the molecule is O=C(CSc1ccccc1C(=O)Nc1cccc2ncccc12)NCc1ccco1. The first-order chi connectivity index (χ1) is 14.7. The number of aromatic nitrogens is 1. The second-order valence-electron chi connectivity index (χ2n) is 6.47. The minimum atomic E-state index is -0.231. The van der Waals surface area contributed by atoms with Crippen molar-refractivity contribution in [1.29, 1.82) is 0 Å². The summed E-state index contributed by atoms with van der Waals surface area (Å²) in [6, 6.07) is 20.2. The van der Waals surface area contributed by atoms with E-state index in [0.717, 1.165) is 15.8 Å². The van der Waals surface area contributed by atoms with E-state index in [0.29, 0.717) is 23.6 Å². The summed E-state index contributed by atoms with van der Waals surface area (Å²) in [5, 5.41) is 6.64. The van der Waals surface area contributed by atoms with Gasteiger partial charge < -0.3 is 15.1 Å². The number of benzene rings is 2. The van der Waals surface area contributed by atoms with E-state index in [9.17, 15) is 9.59 Å². The Balaban J connectivity index is 1.43. The van der Waals surface area contributed by atoms with Gasteiger partial charge in [-0.25, -0.2) is 0 Å². The molecule has 150 valence electrons. The maximum Gasteiger partial charge on any atom is 0.256 e. The molecule has 4 aromatic rings. The summed E-state index contributed by atoms with van der Waals surface area (Å²) in [5.41, 5.74) is 2.02. The van der Waals surface area contributed by atoms with Crippen LogP contribution in [0.25, 0.3) is 10.9 Å². The summed E-state index contributed by atoms with van der Waals surface area (Å²) in [4.78, 5) is 30.2. The summed E-state index contributed by atoms with van der Waals surface area (Å²) in [7, 11) is 0. The number of thioether (sulfide) groups is 1. The van der Waals surface area contributed by atoms with Crippen LogP contribution in [0.5, 0.6) is 0 Å². The highest BCUT2D eigenvalue weighted by Crippen LogP contribution is 2.26. The lowest BCUT2D eigenvalue weighted by atomic mass is 10.1. The van der Waals surface area contributed by atoms with Crippen LogP contribution in [-0.2, 0) is 11.3 Å². The highest BCUT2D eigenvalue weighted by atomic mass is 32.2. The number of amides is 2. The number of nitrogens with one attached hydrogen (secondary N) is 2. The standard InChI is InChI=1S/C23H19N3O3S/c27-22(25-14-16-6-5-13-29-16)15-30-21-11-2-1-7-18(21)23(28)26-20-10-3-9-19-17(20)8-4-12-24-19/h1-13H,14-15H2,(H,25,27)(H,26,28). The Bertz CT molecular complexity index is 1170. The Hall–Kier alpha value is -3.58. The van der Waals surface area contributed by atoms with Crippen molar-refractivity contribution >= 4 is 40.2 Å². The van der Waals surface area contributed by atoms with Crippen LogP contribution in [0.2, 0.25) is 0 Å². The fraction of sp³-hybridized carbons (Fsp3) is 0.0870. The lowest BCUT2D eigenvalue weighted by Gasteiger charge is -2.11. The summed E-state index contributed by atoms with van der Waals surface area (Å²) >= 11 is 1.32. The van der Waals surface area contributed by atoms with Gasteiger partial charge in [0.25, 0.3) is 5.91 Å². The van der Waals surface area contributed by atoms with E-state index in [1.54, 1.807) is 36.7 Å². The van der Waals surface area contributed by atoms with Gasteiger partial charge >= 0.3 is 0 Å². The molecular weight excluding hydrogens is 398 g/mol. The third-order valence-electron chi connectivity index (χ3n) is 4.42. The molecule has 0 saturated carbocycles. The lowest BCUT2D eigenvalue weighted by molar-refractivity contribution is -0.118. The van der Waals surface area contributed by atoms with Crippen molar-refractivity contribution in [3.63, 3.8) is 0 Å². The first-order valence-electron chi connectivity index (χ1n) is 9.37. The molecule has 2 heterocycles. The van der Waals surface area contributed by atoms with E-state index in [2.05, 4.69) is 15.6 Å². The number of carbonyl (C=O) groups excluding carboxylic acids is 2. The summed E-state index contributed by atoms with van der Waals surface area (Å²) in [5.74, 6) is 0.526. The number of anilines is 1. The molecule has 2 amide bonds. The summed E-state index contributed by atoms with van der Waals surface area (Å²) in [6.45, 7) is 0.337. The number of fused-ring (bicyclic) bond motifs is 1. The second-order valence-corrected chi connectivity index (χ2v) is 7.49. The lowest BCUT2D eigenvalue weighted by Crippen LogP contribution is -2.24. The molecule has 0 spiro atoms. The molecule has 0 aliphatic carbocycles. The molecule has 7 heteroatoms. The molecule has 30 heavy (non-hydrogen) atoms. The highest BCUT2D eigenvalue weighted by molar-refractivity contribution is 8.00. The number of hydrogen-bond acceptors (Lipinski definition) is 5. The van der Waals surface area contributed by atoms with Gasteiger partial charge in [0.05, 0.1) is 35.3 Å². The number of nitrogens with zero attached hydrogens (tertiary/aromatic N) is 1. The summed E-state index contributed by atoms with van der Waals surface area (Å²) < 4.78 is 5.21. The second kappa shape index (κ2) is 9.28. The van der Waals surface area contributed by atoms with Gasteiger partial charge in [-0.05, 0) is 48.5 Å². The molecule has 0 bridgehead atoms. The van der Waals surface area contributed by atoms with Crippen molar-refractivity contribution in [3.05, 3.63) is 90.5 Å². The van der Waals surface area contributed by atoms with Crippen LogP contribution in [0.4, 0.5) is 5.69 Å². The van der Waals surface area contributed by atoms with Crippen molar-refractivity contribution in [3.8, 4) is 0 Å². The molecule has 6 nitrogen and oxygen atoms in total. The Kier molecular flexibility index (Phi) is 6.10. The average molecular weight is 417 g/mol. The minimum absolute atomic E-state index is 0.133. The molecular formula is C23H19N3O3S. The Morgan fingerprint density at radius 2 is 1.87 bits per heavy atom. The molecule has 0 radical (unpaired) electrons. The maximum atomic E-state index is 12.9. The molecule has 0 aliphatic rings. The predicted molar refractivity (Wildman–Crippen MR) is 117 cm³/mol. The van der Waals surface area contributed by atoms with Crippen molar-refractivity contribution in [2.75, 3.05) is 11.1 Å². The van der Waals surface area contributed by atoms with Gasteiger partial charge in [0.2, 0.25) is 5.91 Å². The van der Waals surface area contributed by atoms with Crippen molar-refractivity contribution in [2.45, 2.75) is 11.4 Å². The average Bonchev–Trinajstić information content (AvgIpc) is 3.30. The molecule has 2 aromatic heterocycles. The van der Waals surface area contributed by atoms with Gasteiger partial charge in [-0.3, -0.25) is 14.6 Å². The third-order valence-corrected chi connectivity index (χ3v) is 5.50. The number of furan rings is 1. The molecule has 0 atom stereocenters. The Labute approximate surface area is 177 Å². The van der Waals surface area contributed by atoms with Crippen LogP contribution in [0, 0.1) is 0 Å². The fourth-order valence-corrected chi connectivity index (χ4v) is 3.85. The minimum Gasteiger partial charge on any atom is -0.467 e. The monoisotopic (exact) mass is 417 g/mol. The van der Waals surface area contributed by atoms with Gasteiger partial charge in [-0.15, -0.1) is 11.8 Å². The molecule has 0 unspecified atom stereocenters. The molecule has 0 aliphatic heterocycles. The highest BCUT2D eigenvalue weighted by Gasteiger charge is 2.14. The topological polar surface area (TPSA) is 84.2 Å². The zero-order chi connectivity index (χ0) is 20.8. The zero-order valence-electron chi connectivity index (χ0n) is 16.0. The van der Waals surface area contributed by atoms with Gasteiger partial charge in [-0.1, -0.05) is 18.2 Å². The third kappa shape index (κ3) is 4.69. The van der Waals surface area contributed by atoms with E-state index >= 15 is 0 Å². The first-order valence-corrected chi connectivity index (χ1v) is 10.4. The van der Waals surface area contributed by atoms with Gasteiger partial charge in [0.1, 0.15) is 5.76 Å². The molecule has 2 N–H and O–H groups in total. The number of carbonyl (C=O) groups is 2. The first kappa shape index (κ1) is 19.7. The molecule has 0 fully saturated rings. The van der Waals surface area contributed by atoms with Gasteiger partial charge in [0.15, 0.2) is 0 Å². The van der Waals surface area contributed by atoms with E-state index in [-0.39, 0.29) is 17.6 Å². The van der Waals surface area contributed by atoms with Crippen molar-refractivity contribution in [2.24, 2.45) is 0 Å². The smallest absolute Gasteiger partial charge is 0.256 e. The molecule has 4 rings (SSSR count). The van der Waals surface area contributed by atoms with Crippen LogP contribution >= 0.6 is 11.8 Å². The normalized spacial score (nSPS) is 10.7. The summed E-state index contributed by atoms with van der Waals surface area (Å²) in [6.07, 6.45) is 3.29. The van der Waals surface area contributed by atoms with Gasteiger partial charge in [-0.2, -0.15) is 0 Å². The predicted octanol–water partition coefficient (Wildman–Crippen LogP) is 4.49. The quantitative estimate of drug-likeness (QED) is 0.433. The van der Waals surface area contributed by atoms with E-state index in [1.165, 1.54) is 11.8 Å². The van der Waals surface area contributed by atoms with Crippen LogP contribution in [0.1, 0.15) is 16.1 Å². The van der Waals surface area contributed by atoms with Crippen LogP contribution in [-0.4, -0.2) is 22.6 Å². The van der Waals surface area contributed by atoms with E-state index in [4.69, 9.17) is 4.42 Å². The van der Waals surface area contributed by atoms with Crippen molar-refractivity contribution < 1.29 is 14.0 Å². The fourth-order valence-electron chi connectivity index (χ4n) is 2.98. The molecule has 0 saturated heterocycles. The number of pyridine rings is 1. The Morgan fingerprint density at radius 1 is 0.967 bits per heavy atom. The van der Waals surface area contributed by atoms with Gasteiger partial charge in [0, 0.05) is 16.5 Å². The van der Waals surface area contributed by atoms with Crippen LogP contribution < -0.4 is 10.6 Å². The largest absolute Gasteiger partial charge is 0.467 e. The van der Waals surface area contributed by atoms with Crippen LogP contribution in [0.15, 0.2) is 88.5 Å². The maximum absolute atomic E-state index is 12.9. The van der Waals surface area contributed by atoms with Crippen molar-refractivity contribution in [1.82, 2.24) is 10.3 Å². The number of rotatable bonds is 7. The van der Waals surface area contributed by atoms with Crippen LogP contribution in [0.3, 0.4) is 0 Å². The van der Waals surface area contributed by atoms with E-state index < -0.39 is 0 Å². The zero-order valence-corrected chi connectivity index (χ0v) is 16.8. The van der Waals surface area contributed by atoms with E-state index in [1.807, 2.05) is 42.5 Å². The number of hydrogen-bond donors (Lipinski definition) is 2. The molecule has 2 aromatic carbocycles. The Morgan fingerprint density at radius 3 is 2.73 bits per heavy atom.